The zero-order valence-corrected chi connectivity index (χ0v) is 17.1. The van der Waals surface area contributed by atoms with Crippen LogP contribution in [0.4, 0.5) is 13.2 Å². The van der Waals surface area contributed by atoms with Crippen molar-refractivity contribution < 1.29 is 32.3 Å². The van der Waals surface area contributed by atoms with Crippen molar-refractivity contribution in [3.8, 4) is 5.75 Å². The van der Waals surface area contributed by atoms with E-state index in [0.717, 1.165) is 12.8 Å². The Bertz CT molecular complexity index is 846. The normalized spacial score (nSPS) is 21.8. The van der Waals surface area contributed by atoms with Gasteiger partial charge in [0.05, 0.1) is 0 Å². The van der Waals surface area contributed by atoms with Gasteiger partial charge in [-0.3, -0.25) is 14.4 Å². The standard InChI is InChI=1S/C22H26F3NO4/c1-3-14-7-16(30-11-22(23,24)25)6-12(2)19(14)20-17(27)8-15(21(20)29)9-18(28)26-10-13-4-5-13/h6-7,13,15,20H,3-5,8-11H2,1-2H3,(H,26,28). The molecule has 164 valence electrons. The van der Waals surface area contributed by atoms with Gasteiger partial charge in [0.2, 0.25) is 5.91 Å². The summed E-state index contributed by atoms with van der Waals surface area (Å²) >= 11 is 0. The van der Waals surface area contributed by atoms with Crippen LogP contribution in [0.1, 0.15) is 55.2 Å². The van der Waals surface area contributed by atoms with Crippen LogP contribution in [-0.4, -0.2) is 36.8 Å². The molecule has 0 aliphatic heterocycles. The van der Waals surface area contributed by atoms with Gasteiger partial charge in [-0.05, 0) is 60.9 Å². The summed E-state index contributed by atoms with van der Waals surface area (Å²) in [6, 6.07) is 2.89. The summed E-state index contributed by atoms with van der Waals surface area (Å²) < 4.78 is 42.2. The summed E-state index contributed by atoms with van der Waals surface area (Å²) in [6.45, 7) is 2.66. The van der Waals surface area contributed by atoms with Crippen LogP contribution in [0.25, 0.3) is 0 Å². The average Bonchev–Trinajstić information content (AvgIpc) is 3.45. The fourth-order valence-corrected chi connectivity index (χ4v) is 4.00. The first-order valence-electron chi connectivity index (χ1n) is 10.2. The maximum absolute atomic E-state index is 13.0. The fourth-order valence-electron chi connectivity index (χ4n) is 4.00. The molecule has 8 heteroatoms. The molecule has 3 rings (SSSR count). The van der Waals surface area contributed by atoms with E-state index in [-0.39, 0.29) is 36.1 Å². The van der Waals surface area contributed by atoms with E-state index in [1.807, 2.05) is 0 Å². The van der Waals surface area contributed by atoms with Crippen LogP contribution in [0, 0.1) is 18.8 Å². The molecular formula is C22H26F3NO4. The zero-order chi connectivity index (χ0) is 22.1. The van der Waals surface area contributed by atoms with Gasteiger partial charge in [-0.2, -0.15) is 13.2 Å². The quantitative estimate of drug-likeness (QED) is 0.646. The molecule has 0 saturated heterocycles. The molecule has 5 nitrogen and oxygen atoms in total. The Morgan fingerprint density at radius 3 is 2.53 bits per heavy atom. The topological polar surface area (TPSA) is 72.5 Å². The molecule has 1 aromatic carbocycles. The molecular weight excluding hydrogens is 399 g/mol. The number of ketones is 2. The molecule has 0 aromatic heterocycles. The van der Waals surface area contributed by atoms with Crippen molar-refractivity contribution in [1.82, 2.24) is 5.32 Å². The van der Waals surface area contributed by atoms with Crippen LogP contribution < -0.4 is 10.1 Å². The second-order valence-corrected chi connectivity index (χ2v) is 8.22. The highest BCUT2D eigenvalue weighted by atomic mass is 19.4. The SMILES string of the molecule is CCc1cc(OCC(F)(F)F)cc(C)c1C1C(=O)CC(CC(=O)NCC2CC2)C1=O. The maximum Gasteiger partial charge on any atom is 0.422 e. The number of ether oxygens (including phenoxy) is 1. The predicted molar refractivity (Wildman–Crippen MR) is 103 cm³/mol. The first-order chi connectivity index (χ1) is 14.1. The number of hydrogen-bond donors (Lipinski definition) is 1. The molecule has 2 aliphatic rings. The molecule has 0 heterocycles. The van der Waals surface area contributed by atoms with E-state index in [1.165, 1.54) is 12.1 Å². The number of carbonyl (C=O) groups is 3. The van der Waals surface area contributed by atoms with Crippen molar-refractivity contribution in [2.24, 2.45) is 11.8 Å². The minimum Gasteiger partial charge on any atom is -0.484 e. The smallest absolute Gasteiger partial charge is 0.422 e. The number of hydrogen-bond acceptors (Lipinski definition) is 4. The highest BCUT2D eigenvalue weighted by Crippen LogP contribution is 2.39. The fraction of sp³-hybridized carbons (Fsp3) is 0.591. The van der Waals surface area contributed by atoms with Crippen molar-refractivity contribution in [3.63, 3.8) is 0 Å². The van der Waals surface area contributed by atoms with Crippen molar-refractivity contribution in [1.29, 1.82) is 0 Å². The first-order valence-corrected chi connectivity index (χ1v) is 10.2. The lowest BCUT2D eigenvalue weighted by molar-refractivity contribution is -0.153. The summed E-state index contributed by atoms with van der Waals surface area (Å²) in [6.07, 6.45) is -1.82. The number of rotatable bonds is 8. The number of nitrogens with one attached hydrogen (secondary N) is 1. The van der Waals surface area contributed by atoms with Gasteiger partial charge >= 0.3 is 6.18 Å². The lowest BCUT2D eigenvalue weighted by Crippen LogP contribution is -2.29. The van der Waals surface area contributed by atoms with Gasteiger partial charge in [-0.1, -0.05) is 6.92 Å². The molecule has 2 aliphatic carbocycles. The van der Waals surface area contributed by atoms with Crippen LogP contribution in [0.5, 0.6) is 5.75 Å². The number of alkyl halides is 3. The van der Waals surface area contributed by atoms with Crippen LogP contribution in [0.2, 0.25) is 0 Å². The Morgan fingerprint density at radius 2 is 1.93 bits per heavy atom. The van der Waals surface area contributed by atoms with E-state index >= 15 is 0 Å². The van der Waals surface area contributed by atoms with E-state index in [0.29, 0.717) is 35.6 Å². The Kier molecular flexibility index (Phi) is 6.53. The Labute approximate surface area is 173 Å². The molecule has 2 atom stereocenters. The van der Waals surface area contributed by atoms with E-state index in [4.69, 9.17) is 4.74 Å². The Hall–Kier alpha value is -2.38. The molecule has 0 spiro atoms. The third-order valence-electron chi connectivity index (χ3n) is 5.69. The third-order valence-corrected chi connectivity index (χ3v) is 5.69. The Morgan fingerprint density at radius 1 is 1.23 bits per heavy atom. The molecule has 2 saturated carbocycles. The van der Waals surface area contributed by atoms with E-state index in [2.05, 4.69) is 5.32 Å². The highest BCUT2D eigenvalue weighted by molar-refractivity contribution is 6.15. The summed E-state index contributed by atoms with van der Waals surface area (Å²) in [5, 5.41) is 2.82. The number of carbonyl (C=O) groups excluding carboxylic acids is 3. The van der Waals surface area contributed by atoms with E-state index in [1.54, 1.807) is 13.8 Å². The van der Waals surface area contributed by atoms with Crippen molar-refractivity contribution in [3.05, 3.63) is 28.8 Å². The highest BCUT2D eigenvalue weighted by Gasteiger charge is 2.44. The molecule has 0 radical (unpaired) electrons. The number of halogens is 3. The van der Waals surface area contributed by atoms with Gasteiger partial charge in [0.15, 0.2) is 12.4 Å². The lowest BCUT2D eigenvalue weighted by Gasteiger charge is -2.19. The molecule has 2 unspecified atom stereocenters. The number of Topliss-reactive ketones (excluding diaryl/α,β-unsaturated/α-hetero) is 2. The van der Waals surface area contributed by atoms with E-state index < -0.39 is 24.6 Å². The number of amides is 1. The minimum atomic E-state index is -4.45. The summed E-state index contributed by atoms with van der Waals surface area (Å²) in [5.41, 5.74) is 1.68. The summed E-state index contributed by atoms with van der Waals surface area (Å²) in [4.78, 5) is 37.8. The summed E-state index contributed by atoms with van der Waals surface area (Å²) in [5.74, 6) is -1.82. The van der Waals surface area contributed by atoms with Crippen LogP contribution in [0.15, 0.2) is 12.1 Å². The van der Waals surface area contributed by atoms with Gasteiger partial charge in [0, 0.05) is 25.3 Å². The largest absolute Gasteiger partial charge is 0.484 e. The third kappa shape index (κ3) is 5.40. The monoisotopic (exact) mass is 425 g/mol. The molecule has 1 amide bonds. The number of aryl methyl sites for hydroxylation is 2. The number of benzene rings is 1. The van der Waals surface area contributed by atoms with Gasteiger partial charge in [-0.15, -0.1) is 0 Å². The van der Waals surface area contributed by atoms with Crippen LogP contribution >= 0.6 is 0 Å². The Balaban J connectivity index is 1.75. The molecule has 1 aromatic rings. The van der Waals surface area contributed by atoms with Gasteiger partial charge < -0.3 is 10.1 Å². The van der Waals surface area contributed by atoms with Gasteiger partial charge in [-0.25, -0.2) is 0 Å². The van der Waals surface area contributed by atoms with Gasteiger partial charge in [0.25, 0.3) is 0 Å². The first kappa shape index (κ1) is 22.3. The van der Waals surface area contributed by atoms with Crippen molar-refractivity contribution in [2.45, 2.75) is 58.0 Å². The predicted octanol–water partition coefficient (Wildman–Crippen LogP) is 3.66. The molecule has 30 heavy (non-hydrogen) atoms. The van der Waals surface area contributed by atoms with Crippen molar-refractivity contribution >= 4 is 17.5 Å². The lowest BCUT2D eigenvalue weighted by atomic mass is 9.85. The van der Waals surface area contributed by atoms with Crippen LogP contribution in [-0.2, 0) is 20.8 Å². The zero-order valence-electron chi connectivity index (χ0n) is 17.1. The molecule has 0 bridgehead atoms. The van der Waals surface area contributed by atoms with Crippen LogP contribution in [0.3, 0.4) is 0 Å². The molecule has 1 N–H and O–H groups in total. The van der Waals surface area contributed by atoms with Gasteiger partial charge in [0.1, 0.15) is 17.5 Å². The molecule has 2 fully saturated rings. The minimum absolute atomic E-state index is 0.00919. The summed E-state index contributed by atoms with van der Waals surface area (Å²) in [7, 11) is 0. The maximum atomic E-state index is 13.0. The van der Waals surface area contributed by atoms with E-state index in [9.17, 15) is 27.6 Å². The van der Waals surface area contributed by atoms with Crippen molar-refractivity contribution in [2.75, 3.05) is 13.2 Å². The second kappa shape index (κ2) is 8.78. The average molecular weight is 425 g/mol. The second-order valence-electron chi connectivity index (χ2n) is 8.22.